The van der Waals surface area contributed by atoms with Crippen molar-refractivity contribution < 1.29 is 18.7 Å². The Morgan fingerprint density at radius 1 is 1.03 bits per heavy atom. The molecule has 3 heterocycles. The van der Waals surface area contributed by atoms with Gasteiger partial charge in [0, 0.05) is 63.3 Å². The summed E-state index contributed by atoms with van der Waals surface area (Å²) in [5, 5.41) is 7.66. The number of anilines is 1. The number of nitrogens with one attached hydrogen (secondary N) is 2. The van der Waals surface area contributed by atoms with Crippen LogP contribution in [0.25, 0.3) is 0 Å². The summed E-state index contributed by atoms with van der Waals surface area (Å²) >= 11 is 1.63. The molecule has 8 nitrogen and oxygen atoms in total. The fourth-order valence-electron chi connectivity index (χ4n) is 4.74. The van der Waals surface area contributed by atoms with E-state index < -0.39 is 11.8 Å². The average molecular weight is 504 g/mol. The maximum absolute atomic E-state index is 14.2. The fourth-order valence-corrected chi connectivity index (χ4v) is 5.70. The third-order valence-electron chi connectivity index (χ3n) is 6.59. The summed E-state index contributed by atoms with van der Waals surface area (Å²) in [5.41, 5.74) is 0.620. The molecule has 190 valence electrons. The molecule has 2 fully saturated rings. The number of carbonyl (C=O) groups is 2. The lowest BCUT2D eigenvalue weighted by Gasteiger charge is -2.42. The Morgan fingerprint density at radius 2 is 1.77 bits per heavy atom. The van der Waals surface area contributed by atoms with Crippen molar-refractivity contribution >= 4 is 28.8 Å². The number of amides is 2. The van der Waals surface area contributed by atoms with E-state index in [2.05, 4.69) is 31.4 Å². The predicted molar refractivity (Wildman–Crippen MR) is 135 cm³/mol. The van der Waals surface area contributed by atoms with Crippen LogP contribution >= 0.6 is 11.3 Å². The first-order valence-corrected chi connectivity index (χ1v) is 13.1. The van der Waals surface area contributed by atoms with Gasteiger partial charge in [-0.25, -0.2) is 4.39 Å². The lowest BCUT2D eigenvalue weighted by molar-refractivity contribution is -0.139. The van der Waals surface area contributed by atoms with Crippen LogP contribution in [0.1, 0.15) is 17.8 Å². The topological polar surface area (TPSA) is 77.1 Å². The second-order valence-electron chi connectivity index (χ2n) is 8.91. The summed E-state index contributed by atoms with van der Waals surface area (Å²) in [6.07, 6.45) is 0. The largest absolute Gasteiger partial charge is 0.379 e. The molecule has 1 aromatic heterocycles. The Morgan fingerprint density at radius 3 is 2.46 bits per heavy atom. The number of nitrogens with zero attached hydrogens (tertiary/aromatic N) is 3. The summed E-state index contributed by atoms with van der Waals surface area (Å²) in [5.74, 6) is -1.44. The number of piperazine rings is 1. The van der Waals surface area contributed by atoms with Crippen LogP contribution in [-0.4, -0.2) is 93.2 Å². The zero-order chi connectivity index (χ0) is 24.6. The average Bonchev–Trinajstić information content (AvgIpc) is 3.40. The van der Waals surface area contributed by atoms with Gasteiger partial charge in [0.15, 0.2) is 0 Å². The molecule has 2 N–H and O–H groups in total. The Labute approximate surface area is 210 Å². The molecule has 2 saturated heterocycles. The van der Waals surface area contributed by atoms with Crippen LogP contribution in [0, 0.1) is 5.82 Å². The van der Waals surface area contributed by atoms with E-state index in [1.54, 1.807) is 17.4 Å². The van der Waals surface area contributed by atoms with Gasteiger partial charge in [0.25, 0.3) is 0 Å². The van der Waals surface area contributed by atoms with Crippen molar-refractivity contribution in [3.05, 3.63) is 52.5 Å². The SMILES string of the molecule is CC(NC(=O)C(=O)NCCN1CCOCC1)C(c1cccs1)N1CCN(c2ccccc2F)CC1. The van der Waals surface area contributed by atoms with Crippen molar-refractivity contribution in [2.45, 2.75) is 19.0 Å². The number of para-hydroxylation sites is 1. The molecule has 0 spiro atoms. The quantitative estimate of drug-likeness (QED) is 0.534. The van der Waals surface area contributed by atoms with E-state index in [9.17, 15) is 14.0 Å². The number of ether oxygens (including phenoxy) is 1. The van der Waals surface area contributed by atoms with E-state index in [1.807, 2.05) is 30.5 Å². The third-order valence-corrected chi connectivity index (χ3v) is 7.53. The Kier molecular flexibility index (Phi) is 9.08. The first-order valence-electron chi connectivity index (χ1n) is 12.2. The summed E-state index contributed by atoms with van der Waals surface area (Å²) < 4.78 is 19.6. The normalized spacial score (nSPS) is 19.2. The molecule has 2 amide bonds. The molecular formula is C25H34FN5O3S. The molecule has 0 radical (unpaired) electrons. The number of morpholine rings is 1. The van der Waals surface area contributed by atoms with Crippen LogP contribution in [0.4, 0.5) is 10.1 Å². The van der Waals surface area contributed by atoms with E-state index >= 15 is 0 Å². The van der Waals surface area contributed by atoms with Crippen molar-refractivity contribution in [1.82, 2.24) is 20.4 Å². The number of hydrogen-bond acceptors (Lipinski definition) is 7. The molecule has 2 unspecified atom stereocenters. The molecule has 10 heteroatoms. The smallest absolute Gasteiger partial charge is 0.309 e. The van der Waals surface area contributed by atoms with Gasteiger partial charge in [-0.1, -0.05) is 18.2 Å². The van der Waals surface area contributed by atoms with Gasteiger partial charge in [-0.2, -0.15) is 0 Å². The monoisotopic (exact) mass is 503 g/mol. The number of carbonyl (C=O) groups excluding carboxylic acids is 2. The molecule has 2 aliphatic rings. The number of rotatable bonds is 8. The summed E-state index contributed by atoms with van der Waals surface area (Å²) in [6.45, 7) is 8.96. The van der Waals surface area contributed by atoms with Crippen LogP contribution in [-0.2, 0) is 14.3 Å². The number of thiophene rings is 1. The maximum Gasteiger partial charge on any atom is 0.309 e. The highest BCUT2D eigenvalue weighted by Gasteiger charge is 2.32. The standard InChI is InChI=1S/C25H34FN5O3S/c1-19(28-25(33)24(32)27-8-9-29-14-16-34-17-15-29)23(22-7-4-18-35-22)31-12-10-30(11-13-31)21-6-3-2-5-20(21)26/h2-7,18-19,23H,8-17H2,1H3,(H,27,32)(H,28,33). The fraction of sp³-hybridized carbons (Fsp3) is 0.520. The molecule has 2 aliphatic heterocycles. The van der Waals surface area contributed by atoms with Crippen molar-refractivity contribution in [2.24, 2.45) is 0 Å². The zero-order valence-corrected chi connectivity index (χ0v) is 20.9. The van der Waals surface area contributed by atoms with Crippen molar-refractivity contribution in [3.63, 3.8) is 0 Å². The second kappa shape index (κ2) is 12.4. The van der Waals surface area contributed by atoms with Gasteiger partial charge in [0.2, 0.25) is 0 Å². The highest BCUT2D eigenvalue weighted by Crippen LogP contribution is 2.30. The molecule has 0 aliphatic carbocycles. The number of benzene rings is 1. The summed E-state index contributed by atoms with van der Waals surface area (Å²) in [7, 11) is 0. The van der Waals surface area contributed by atoms with Crippen LogP contribution < -0.4 is 15.5 Å². The minimum atomic E-state index is -0.619. The number of hydrogen-bond donors (Lipinski definition) is 2. The van der Waals surface area contributed by atoms with Gasteiger partial charge >= 0.3 is 11.8 Å². The van der Waals surface area contributed by atoms with Crippen molar-refractivity contribution in [1.29, 1.82) is 0 Å². The minimum absolute atomic E-state index is 0.0668. The molecule has 0 bridgehead atoms. The van der Waals surface area contributed by atoms with Crippen molar-refractivity contribution in [3.8, 4) is 0 Å². The molecule has 4 rings (SSSR count). The van der Waals surface area contributed by atoms with Gasteiger partial charge in [0.05, 0.1) is 24.9 Å². The minimum Gasteiger partial charge on any atom is -0.379 e. The molecule has 1 aromatic carbocycles. The zero-order valence-electron chi connectivity index (χ0n) is 20.1. The lowest BCUT2D eigenvalue weighted by atomic mass is 10.0. The van der Waals surface area contributed by atoms with Crippen LogP contribution in [0.15, 0.2) is 41.8 Å². The van der Waals surface area contributed by atoms with E-state index in [0.29, 0.717) is 45.1 Å². The number of halogens is 1. The lowest BCUT2D eigenvalue weighted by Crippen LogP contribution is -2.54. The Hall–Kier alpha value is -2.53. The molecular weight excluding hydrogens is 469 g/mol. The van der Waals surface area contributed by atoms with Gasteiger partial charge in [-0.15, -0.1) is 11.3 Å². The van der Waals surface area contributed by atoms with Crippen LogP contribution in [0.3, 0.4) is 0 Å². The first-order chi connectivity index (χ1) is 17.0. The van der Waals surface area contributed by atoms with E-state index in [-0.39, 0.29) is 17.9 Å². The van der Waals surface area contributed by atoms with Gasteiger partial charge < -0.3 is 20.3 Å². The van der Waals surface area contributed by atoms with Crippen molar-refractivity contribution in [2.75, 3.05) is 70.5 Å². The summed E-state index contributed by atoms with van der Waals surface area (Å²) in [4.78, 5) is 32.8. The molecule has 0 saturated carbocycles. The predicted octanol–water partition coefficient (Wildman–Crippen LogP) is 1.70. The first kappa shape index (κ1) is 25.6. The van der Waals surface area contributed by atoms with Crippen LogP contribution in [0.2, 0.25) is 0 Å². The highest BCUT2D eigenvalue weighted by atomic mass is 32.1. The maximum atomic E-state index is 14.2. The molecule has 2 aromatic rings. The van der Waals surface area contributed by atoms with E-state index in [4.69, 9.17) is 4.74 Å². The van der Waals surface area contributed by atoms with Gasteiger partial charge in [-0.05, 0) is 30.5 Å². The Balaban J connectivity index is 1.32. The molecule has 2 atom stereocenters. The Bertz CT molecular complexity index is 962. The molecule has 35 heavy (non-hydrogen) atoms. The van der Waals surface area contributed by atoms with Gasteiger partial charge in [-0.3, -0.25) is 19.4 Å². The second-order valence-corrected chi connectivity index (χ2v) is 9.89. The third kappa shape index (κ3) is 6.78. The van der Waals surface area contributed by atoms with E-state index in [0.717, 1.165) is 31.1 Å². The summed E-state index contributed by atoms with van der Waals surface area (Å²) in [6, 6.07) is 10.6. The van der Waals surface area contributed by atoms with Crippen LogP contribution in [0.5, 0.6) is 0 Å². The highest BCUT2D eigenvalue weighted by molar-refractivity contribution is 7.10. The van der Waals surface area contributed by atoms with Gasteiger partial charge in [0.1, 0.15) is 5.82 Å². The van der Waals surface area contributed by atoms with E-state index in [1.165, 1.54) is 6.07 Å².